The average Bonchev–Trinajstić information content (AvgIpc) is 3.60. The number of pyridine rings is 1. The van der Waals surface area contributed by atoms with Crippen LogP contribution in [0.1, 0.15) is 18.5 Å². The SMILES string of the molecule is CC1(COc2ccc(-c3cn(S(=O)(=O)c4ccccc4)c4ncc(-c5cnn(C6COC6)c5)cc34)cc2C#N)COC1. The maximum atomic E-state index is 13.8. The standard InChI is InChI=1S/C31H27N5O5S/c1-31(18-40-19-31)20-41-29-8-7-21(9-22(29)11-32)28-15-36(42(37,38)26-5-3-2-4-6-26)30-27(28)10-23(12-33-30)24-13-34-35(14-24)25-16-39-17-25/h2-10,12-15,25H,16-20H2,1H3. The summed E-state index contributed by atoms with van der Waals surface area (Å²) >= 11 is 0. The van der Waals surface area contributed by atoms with Gasteiger partial charge in [0.15, 0.2) is 5.65 Å². The van der Waals surface area contributed by atoms with E-state index in [0.717, 1.165) is 11.1 Å². The molecule has 2 aliphatic heterocycles. The normalized spacial score (nSPS) is 16.5. The van der Waals surface area contributed by atoms with Crippen molar-refractivity contribution < 1.29 is 22.6 Å². The summed E-state index contributed by atoms with van der Waals surface area (Å²) in [5.41, 5.74) is 3.51. The molecule has 5 heterocycles. The van der Waals surface area contributed by atoms with Crippen LogP contribution in [-0.2, 0) is 19.5 Å². The molecule has 2 aliphatic rings. The molecule has 3 aromatic heterocycles. The molecule has 2 saturated heterocycles. The number of benzene rings is 2. The van der Waals surface area contributed by atoms with Gasteiger partial charge in [0.05, 0.1) is 55.7 Å². The summed E-state index contributed by atoms with van der Waals surface area (Å²) in [5.74, 6) is 0.473. The molecule has 0 radical (unpaired) electrons. The third-order valence-corrected chi connectivity index (χ3v) is 9.39. The largest absolute Gasteiger partial charge is 0.491 e. The highest BCUT2D eigenvalue weighted by molar-refractivity contribution is 7.90. The van der Waals surface area contributed by atoms with E-state index in [0.29, 0.717) is 60.9 Å². The molecule has 0 amide bonds. The average molecular weight is 582 g/mol. The summed E-state index contributed by atoms with van der Waals surface area (Å²) in [5, 5.41) is 15.1. The van der Waals surface area contributed by atoms with Crippen molar-refractivity contribution in [3.8, 4) is 34.1 Å². The van der Waals surface area contributed by atoms with Crippen LogP contribution in [0.5, 0.6) is 5.75 Å². The van der Waals surface area contributed by atoms with E-state index < -0.39 is 10.0 Å². The van der Waals surface area contributed by atoms with Crippen molar-refractivity contribution in [2.24, 2.45) is 5.41 Å². The topological polar surface area (TPSA) is 121 Å². The van der Waals surface area contributed by atoms with Gasteiger partial charge in [0.1, 0.15) is 11.8 Å². The lowest BCUT2D eigenvalue weighted by molar-refractivity contribution is -0.120. The van der Waals surface area contributed by atoms with E-state index in [1.54, 1.807) is 61.1 Å². The summed E-state index contributed by atoms with van der Waals surface area (Å²) in [6.07, 6.45) is 6.94. The van der Waals surface area contributed by atoms with Gasteiger partial charge in [-0.3, -0.25) is 4.68 Å². The Morgan fingerprint density at radius 1 is 1.02 bits per heavy atom. The Kier molecular flexibility index (Phi) is 6.35. The lowest BCUT2D eigenvalue weighted by Crippen LogP contribution is -2.44. The molecule has 0 bridgehead atoms. The molecule has 10 nitrogen and oxygen atoms in total. The molecule has 5 aromatic rings. The second-order valence-electron chi connectivity index (χ2n) is 11.1. The van der Waals surface area contributed by atoms with Gasteiger partial charge >= 0.3 is 0 Å². The third-order valence-electron chi connectivity index (χ3n) is 7.73. The number of fused-ring (bicyclic) bond motifs is 1. The molecule has 0 atom stereocenters. The Hall–Kier alpha value is -4.50. The van der Waals surface area contributed by atoms with Crippen molar-refractivity contribution in [3.63, 3.8) is 0 Å². The maximum absolute atomic E-state index is 13.8. The number of rotatable bonds is 8. The molecule has 2 fully saturated rings. The van der Waals surface area contributed by atoms with Crippen LogP contribution in [-0.4, -0.2) is 60.2 Å². The van der Waals surface area contributed by atoms with Crippen LogP contribution >= 0.6 is 0 Å². The van der Waals surface area contributed by atoms with Crippen LogP contribution in [0.3, 0.4) is 0 Å². The lowest BCUT2D eigenvalue weighted by Gasteiger charge is -2.37. The molecule has 0 spiro atoms. The number of nitrogens with zero attached hydrogens (tertiary/aromatic N) is 5. The molecule has 0 N–H and O–H groups in total. The summed E-state index contributed by atoms with van der Waals surface area (Å²) in [6, 6.07) is 17.9. The van der Waals surface area contributed by atoms with Gasteiger partial charge < -0.3 is 14.2 Å². The predicted molar refractivity (Wildman–Crippen MR) is 154 cm³/mol. The van der Waals surface area contributed by atoms with Crippen molar-refractivity contribution in [2.45, 2.75) is 17.9 Å². The first-order valence-electron chi connectivity index (χ1n) is 13.5. The molecular weight excluding hydrogens is 554 g/mol. The predicted octanol–water partition coefficient (Wildman–Crippen LogP) is 4.66. The van der Waals surface area contributed by atoms with Crippen LogP contribution in [0.15, 0.2) is 84.3 Å². The minimum atomic E-state index is -3.96. The summed E-state index contributed by atoms with van der Waals surface area (Å²) in [7, 11) is -3.96. The fourth-order valence-electron chi connectivity index (χ4n) is 5.12. The highest BCUT2D eigenvalue weighted by Crippen LogP contribution is 2.37. The van der Waals surface area contributed by atoms with Crippen molar-refractivity contribution in [2.75, 3.05) is 33.0 Å². The Morgan fingerprint density at radius 2 is 1.83 bits per heavy atom. The molecule has 7 rings (SSSR count). The van der Waals surface area contributed by atoms with Crippen LogP contribution in [0.2, 0.25) is 0 Å². The van der Waals surface area contributed by atoms with Crippen molar-refractivity contribution in [1.82, 2.24) is 18.7 Å². The van der Waals surface area contributed by atoms with Crippen LogP contribution in [0.25, 0.3) is 33.3 Å². The second-order valence-corrected chi connectivity index (χ2v) is 12.9. The number of hydrogen-bond acceptors (Lipinski definition) is 8. The van der Waals surface area contributed by atoms with Gasteiger partial charge in [-0.05, 0) is 35.9 Å². The van der Waals surface area contributed by atoms with Gasteiger partial charge in [-0.2, -0.15) is 10.4 Å². The van der Waals surface area contributed by atoms with E-state index in [-0.39, 0.29) is 22.0 Å². The highest BCUT2D eigenvalue weighted by atomic mass is 32.2. The Morgan fingerprint density at radius 3 is 2.52 bits per heavy atom. The zero-order valence-electron chi connectivity index (χ0n) is 22.8. The fraction of sp³-hybridized carbons (Fsp3) is 0.258. The smallest absolute Gasteiger partial charge is 0.269 e. The number of nitriles is 1. The van der Waals surface area contributed by atoms with Crippen molar-refractivity contribution in [1.29, 1.82) is 5.26 Å². The van der Waals surface area contributed by atoms with Gasteiger partial charge in [0.25, 0.3) is 10.0 Å². The summed E-state index contributed by atoms with van der Waals surface area (Å²) < 4.78 is 47.2. The number of ether oxygens (including phenoxy) is 3. The van der Waals surface area contributed by atoms with E-state index in [2.05, 4.69) is 23.1 Å². The zero-order chi connectivity index (χ0) is 28.9. The van der Waals surface area contributed by atoms with Crippen LogP contribution in [0.4, 0.5) is 0 Å². The number of aromatic nitrogens is 4. The molecule has 212 valence electrons. The summed E-state index contributed by atoms with van der Waals surface area (Å²) in [4.78, 5) is 4.79. The van der Waals surface area contributed by atoms with E-state index in [9.17, 15) is 13.7 Å². The minimum absolute atomic E-state index is 0.0772. The van der Waals surface area contributed by atoms with Gasteiger partial charge in [0.2, 0.25) is 0 Å². The quantitative estimate of drug-likeness (QED) is 0.259. The molecule has 0 aliphatic carbocycles. The summed E-state index contributed by atoms with van der Waals surface area (Å²) in [6.45, 7) is 4.99. The lowest BCUT2D eigenvalue weighted by atomic mass is 9.90. The van der Waals surface area contributed by atoms with Gasteiger partial charge in [-0.15, -0.1) is 0 Å². The minimum Gasteiger partial charge on any atom is -0.491 e. The Bertz CT molecular complexity index is 1950. The molecule has 2 aromatic carbocycles. The first-order chi connectivity index (χ1) is 20.3. The van der Waals surface area contributed by atoms with Gasteiger partial charge in [0, 0.05) is 46.1 Å². The fourth-order valence-corrected chi connectivity index (χ4v) is 6.46. The molecule has 11 heteroatoms. The molecular formula is C31H27N5O5S. The second kappa shape index (κ2) is 10.1. The zero-order valence-corrected chi connectivity index (χ0v) is 23.6. The molecule has 42 heavy (non-hydrogen) atoms. The number of hydrogen-bond donors (Lipinski definition) is 0. The third kappa shape index (κ3) is 4.54. The first kappa shape index (κ1) is 26.4. The maximum Gasteiger partial charge on any atom is 0.269 e. The van der Waals surface area contributed by atoms with E-state index >= 15 is 0 Å². The highest BCUT2D eigenvalue weighted by Gasteiger charge is 2.34. The van der Waals surface area contributed by atoms with Crippen LogP contribution in [0, 0.1) is 16.7 Å². The van der Waals surface area contributed by atoms with Crippen LogP contribution < -0.4 is 4.74 Å². The van der Waals surface area contributed by atoms with E-state index in [1.807, 2.05) is 23.0 Å². The van der Waals surface area contributed by atoms with Crippen molar-refractivity contribution in [3.05, 3.63) is 84.9 Å². The van der Waals surface area contributed by atoms with Crippen molar-refractivity contribution >= 4 is 21.1 Å². The monoisotopic (exact) mass is 581 g/mol. The molecule has 0 unspecified atom stereocenters. The molecule has 0 saturated carbocycles. The Labute approximate surface area is 242 Å². The van der Waals surface area contributed by atoms with Gasteiger partial charge in [-0.25, -0.2) is 17.4 Å². The Balaban J connectivity index is 1.34. The van der Waals surface area contributed by atoms with E-state index in [1.165, 1.54) is 3.97 Å². The van der Waals surface area contributed by atoms with E-state index in [4.69, 9.17) is 14.2 Å². The van der Waals surface area contributed by atoms with Gasteiger partial charge in [-0.1, -0.05) is 31.2 Å². The first-order valence-corrected chi connectivity index (χ1v) is 15.0.